The fraction of sp³-hybridized carbons (Fsp3) is 0.385. The van der Waals surface area contributed by atoms with Crippen LogP contribution in [0.4, 0.5) is 4.39 Å². The Hall–Kier alpha value is -2.70. The topological polar surface area (TPSA) is 54.5 Å². The summed E-state index contributed by atoms with van der Waals surface area (Å²) in [6, 6.07) is 12.3. The molecule has 2 heterocycles. The predicted octanol–water partition coefficient (Wildman–Crippen LogP) is 5.23. The number of halogens is 2. The van der Waals surface area contributed by atoms with Crippen LogP contribution < -0.4 is 10.1 Å². The summed E-state index contributed by atoms with van der Waals surface area (Å²) in [5.41, 5.74) is 2.29. The van der Waals surface area contributed by atoms with Gasteiger partial charge in [0, 0.05) is 23.1 Å². The second-order valence-corrected chi connectivity index (χ2v) is 9.71. The van der Waals surface area contributed by atoms with Crippen molar-refractivity contribution in [2.45, 2.75) is 50.8 Å². The minimum absolute atomic E-state index is 0.0443. The van der Waals surface area contributed by atoms with Crippen LogP contribution in [0.5, 0.6) is 5.75 Å². The third-order valence-electron chi connectivity index (χ3n) is 7.02. The molecule has 3 aromatic rings. The molecule has 0 radical (unpaired) electrons. The van der Waals surface area contributed by atoms with Gasteiger partial charge < -0.3 is 10.1 Å². The molecule has 33 heavy (non-hydrogen) atoms. The van der Waals surface area contributed by atoms with Crippen molar-refractivity contribution in [2.24, 2.45) is 0 Å². The number of nitrogens with zero attached hydrogens (tertiary/aromatic N) is 2. The number of hydrogen-bond donors (Lipinski definition) is 1. The zero-order chi connectivity index (χ0) is 23.3. The maximum absolute atomic E-state index is 13.7. The number of ether oxygens (including phenoxy) is 1. The first-order valence-corrected chi connectivity index (χ1v) is 11.7. The van der Waals surface area contributed by atoms with Crippen molar-refractivity contribution in [2.75, 3.05) is 13.6 Å². The number of likely N-dealkylation sites (N-methyl/N-ethyl adjacent to an activating group) is 1. The lowest BCUT2D eigenvalue weighted by molar-refractivity contribution is 0.0269. The fourth-order valence-electron chi connectivity index (χ4n) is 4.78. The smallest absolute Gasteiger partial charge is 0.252 e. The van der Waals surface area contributed by atoms with Gasteiger partial charge in [0.05, 0.1) is 11.1 Å². The number of carbonyl (C=O) groups is 1. The highest BCUT2D eigenvalue weighted by molar-refractivity contribution is 6.30. The number of amides is 1. The summed E-state index contributed by atoms with van der Waals surface area (Å²) in [4.78, 5) is 19.9. The average Bonchev–Trinajstić information content (AvgIpc) is 3.53. The molecule has 5 rings (SSSR count). The van der Waals surface area contributed by atoms with E-state index in [1.165, 1.54) is 12.1 Å². The molecule has 0 bridgehead atoms. The average molecular weight is 468 g/mol. The molecule has 1 aromatic heterocycles. The van der Waals surface area contributed by atoms with Crippen molar-refractivity contribution in [3.05, 3.63) is 70.1 Å². The molecule has 0 unspecified atom stereocenters. The van der Waals surface area contributed by atoms with Gasteiger partial charge in [-0.2, -0.15) is 0 Å². The first kappa shape index (κ1) is 22.1. The third kappa shape index (κ3) is 4.18. The van der Waals surface area contributed by atoms with Crippen molar-refractivity contribution < 1.29 is 13.9 Å². The summed E-state index contributed by atoms with van der Waals surface area (Å²) in [7, 11) is 2.10. The standard InChI is InChI=1S/C26H27ClFN3O2/c1-15-4-6-18(33-16(2)23-8-11-31(23)3)13-20(15)25(32)30-26(9-10-26)21-14-24(27)29-22-12-17(28)5-7-19(21)22/h4-7,12-14,16,23H,8-11H2,1-3H3,(H,30,32)/t16-,23-/m0/s1. The molecule has 1 N–H and O–H groups in total. The summed E-state index contributed by atoms with van der Waals surface area (Å²) in [6.45, 7) is 5.07. The number of aryl methyl sites for hydroxylation is 1. The second kappa shape index (κ2) is 8.26. The Balaban J connectivity index is 1.40. The highest BCUT2D eigenvalue weighted by atomic mass is 35.5. The molecule has 1 saturated carbocycles. The minimum Gasteiger partial charge on any atom is -0.489 e. The molecule has 0 spiro atoms. The van der Waals surface area contributed by atoms with Gasteiger partial charge in [0.15, 0.2) is 0 Å². The summed E-state index contributed by atoms with van der Waals surface area (Å²) in [5.74, 6) is 0.162. The van der Waals surface area contributed by atoms with E-state index in [4.69, 9.17) is 16.3 Å². The van der Waals surface area contributed by atoms with Crippen molar-refractivity contribution in [3.63, 3.8) is 0 Å². The Morgan fingerprint density at radius 1 is 1.27 bits per heavy atom. The Kier molecular flexibility index (Phi) is 5.53. The number of pyridine rings is 1. The van der Waals surface area contributed by atoms with Crippen LogP contribution in [0.3, 0.4) is 0 Å². The maximum atomic E-state index is 13.7. The van der Waals surface area contributed by atoms with Gasteiger partial charge in [-0.1, -0.05) is 17.7 Å². The molecule has 172 valence electrons. The van der Waals surface area contributed by atoms with Crippen LogP contribution in [0.1, 0.15) is 47.7 Å². The molecule has 7 heteroatoms. The molecule has 1 aliphatic heterocycles. The van der Waals surface area contributed by atoms with Gasteiger partial charge in [0.25, 0.3) is 5.91 Å². The van der Waals surface area contributed by atoms with E-state index in [9.17, 15) is 9.18 Å². The minimum atomic E-state index is -0.537. The van der Waals surface area contributed by atoms with E-state index in [-0.39, 0.29) is 23.0 Å². The van der Waals surface area contributed by atoms with Crippen LogP contribution in [0.2, 0.25) is 5.15 Å². The molecule has 2 aliphatic rings. The third-order valence-corrected chi connectivity index (χ3v) is 7.21. The van der Waals surface area contributed by atoms with Gasteiger partial charge in [-0.3, -0.25) is 9.69 Å². The number of aromatic nitrogens is 1. The second-order valence-electron chi connectivity index (χ2n) is 9.33. The summed E-state index contributed by atoms with van der Waals surface area (Å²) in [5, 5.41) is 4.30. The number of likely N-dealkylation sites (tertiary alicyclic amines) is 1. The number of benzene rings is 2. The Bertz CT molecular complexity index is 1240. The number of hydrogen-bond acceptors (Lipinski definition) is 4. The molecule has 5 nitrogen and oxygen atoms in total. The molecule has 2 fully saturated rings. The first-order chi connectivity index (χ1) is 15.8. The molecular formula is C26H27ClFN3O2. The lowest BCUT2D eigenvalue weighted by Gasteiger charge is -2.41. The van der Waals surface area contributed by atoms with Crippen LogP contribution in [0, 0.1) is 12.7 Å². The summed E-state index contributed by atoms with van der Waals surface area (Å²) >= 11 is 6.24. The van der Waals surface area contributed by atoms with E-state index in [2.05, 4.69) is 29.2 Å². The van der Waals surface area contributed by atoms with Crippen LogP contribution in [-0.2, 0) is 5.54 Å². The Morgan fingerprint density at radius 2 is 2.06 bits per heavy atom. The van der Waals surface area contributed by atoms with Crippen LogP contribution in [0.25, 0.3) is 10.9 Å². The predicted molar refractivity (Wildman–Crippen MR) is 127 cm³/mol. The summed E-state index contributed by atoms with van der Waals surface area (Å²) in [6.07, 6.45) is 2.73. The van der Waals surface area contributed by atoms with Crippen molar-refractivity contribution in [1.29, 1.82) is 0 Å². The lowest BCUT2D eigenvalue weighted by Crippen LogP contribution is -2.52. The molecule has 2 atom stereocenters. The van der Waals surface area contributed by atoms with Crippen molar-refractivity contribution >= 4 is 28.4 Å². The highest BCUT2D eigenvalue weighted by Crippen LogP contribution is 2.48. The normalized spacial score (nSPS) is 20.2. The fourth-order valence-corrected chi connectivity index (χ4v) is 4.98. The SMILES string of the molecule is Cc1ccc(O[C@@H](C)[C@@H]2CCN2C)cc1C(=O)NC1(c2cc(Cl)nc3cc(F)ccc23)CC1. The van der Waals surface area contributed by atoms with E-state index < -0.39 is 5.54 Å². The maximum Gasteiger partial charge on any atom is 0.252 e. The largest absolute Gasteiger partial charge is 0.489 e. The monoisotopic (exact) mass is 467 g/mol. The van der Waals surface area contributed by atoms with E-state index >= 15 is 0 Å². The zero-order valence-electron chi connectivity index (χ0n) is 19.0. The molecular weight excluding hydrogens is 441 g/mol. The van der Waals surface area contributed by atoms with Crippen LogP contribution in [0.15, 0.2) is 42.5 Å². The number of rotatable bonds is 6. The Labute approximate surface area is 197 Å². The quantitative estimate of drug-likeness (QED) is 0.504. The Morgan fingerprint density at radius 3 is 2.73 bits per heavy atom. The molecule has 1 amide bonds. The number of nitrogens with one attached hydrogen (secondary N) is 1. The number of fused-ring (bicyclic) bond motifs is 1. The molecule has 1 saturated heterocycles. The zero-order valence-corrected chi connectivity index (χ0v) is 19.7. The van der Waals surface area contributed by atoms with Gasteiger partial charge >= 0.3 is 0 Å². The van der Waals surface area contributed by atoms with Gasteiger partial charge in [-0.25, -0.2) is 9.37 Å². The summed E-state index contributed by atoms with van der Waals surface area (Å²) < 4.78 is 19.9. The van der Waals surface area contributed by atoms with E-state index in [1.807, 2.05) is 25.1 Å². The van der Waals surface area contributed by atoms with E-state index in [0.29, 0.717) is 22.9 Å². The number of carbonyl (C=O) groups excluding carboxylic acids is 1. The van der Waals surface area contributed by atoms with Crippen molar-refractivity contribution in [3.8, 4) is 5.75 Å². The van der Waals surface area contributed by atoms with Gasteiger partial charge in [-0.15, -0.1) is 0 Å². The first-order valence-electron chi connectivity index (χ1n) is 11.3. The highest BCUT2D eigenvalue weighted by Gasteiger charge is 2.47. The van der Waals surface area contributed by atoms with Gasteiger partial charge in [0.1, 0.15) is 22.8 Å². The van der Waals surface area contributed by atoms with E-state index in [0.717, 1.165) is 42.3 Å². The van der Waals surface area contributed by atoms with Gasteiger partial charge in [-0.05, 0) is 88.2 Å². The van der Waals surface area contributed by atoms with Crippen molar-refractivity contribution in [1.82, 2.24) is 15.2 Å². The molecule has 2 aromatic carbocycles. The molecule has 1 aliphatic carbocycles. The van der Waals surface area contributed by atoms with Crippen LogP contribution in [-0.4, -0.2) is 41.5 Å². The van der Waals surface area contributed by atoms with E-state index in [1.54, 1.807) is 12.1 Å². The van der Waals surface area contributed by atoms with Crippen LogP contribution >= 0.6 is 11.6 Å². The van der Waals surface area contributed by atoms with Gasteiger partial charge in [0.2, 0.25) is 0 Å². The lowest BCUT2D eigenvalue weighted by atomic mass is 9.98.